The molecular formula is C16H16N2O3. The van der Waals surface area contributed by atoms with E-state index >= 15 is 0 Å². The summed E-state index contributed by atoms with van der Waals surface area (Å²) in [4.78, 5) is 22.7. The van der Waals surface area contributed by atoms with Gasteiger partial charge in [-0.1, -0.05) is 18.2 Å². The van der Waals surface area contributed by atoms with Gasteiger partial charge < -0.3 is 5.32 Å². The Morgan fingerprint density at radius 1 is 1.05 bits per heavy atom. The maximum absolute atomic E-state index is 12.3. The van der Waals surface area contributed by atoms with Crippen molar-refractivity contribution in [3.8, 4) is 0 Å². The molecule has 1 amide bonds. The van der Waals surface area contributed by atoms with Gasteiger partial charge in [-0.15, -0.1) is 0 Å². The van der Waals surface area contributed by atoms with E-state index in [4.69, 9.17) is 0 Å². The number of anilines is 1. The third-order valence-electron chi connectivity index (χ3n) is 3.59. The predicted octanol–water partition coefficient (Wildman–Crippen LogP) is 3.77. The molecule has 0 bridgehead atoms. The van der Waals surface area contributed by atoms with Crippen LogP contribution in [0.25, 0.3) is 0 Å². The minimum absolute atomic E-state index is 0.0568. The molecule has 0 heterocycles. The van der Waals surface area contributed by atoms with Crippen molar-refractivity contribution in [2.75, 3.05) is 5.32 Å². The van der Waals surface area contributed by atoms with E-state index in [2.05, 4.69) is 5.32 Å². The number of benzene rings is 2. The largest absolute Gasteiger partial charge is 0.322 e. The average Bonchev–Trinajstić information content (AvgIpc) is 2.44. The molecule has 0 fully saturated rings. The lowest BCUT2D eigenvalue weighted by Gasteiger charge is -2.12. The number of carbonyl (C=O) groups excluding carboxylic acids is 1. The van der Waals surface area contributed by atoms with Crippen LogP contribution in [0.15, 0.2) is 36.4 Å². The fourth-order valence-electron chi connectivity index (χ4n) is 2.16. The standard InChI is InChI=1S/C16H16N2O3/c1-10-6-4-5-7-13(10)16(19)17-14-8-9-15(18(20)21)12(3)11(14)2/h4-9H,1-3H3,(H,17,19). The normalized spacial score (nSPS) is 10.2. The Morgan fingerprint density at radius 2 is 1.71 bits per heavy atom. The molecule has 0 radical (unpaired) electrons. The van der Waals surface area contributed by atoms with Crippen LogP contribution < -0.4 is 5.32 Å². The number of rotatable bonds is 3. The number of carbonyl (C=O) groups is 1. The highest BCUT2D eigenvalue weighted by Crippen LogP contribution is 2.27. The summed E-state index contributed by atoms with van der Waals surface area (Å²) >= 11 is 0. The first-order chi connectivity index (χ1) is 9.91. The summed E-state index contributed by atoms with van der Waals surface area (Å²) in [6, 6.07) is 10.3. The molecule has 2 aromatic rings. The predicted molar refractivity (Wildman–Crippen MR) is 81.7 cm³/mol. The van der Waals surface area contributed by atoms with Gasteiger partial charge >= 0.3 is 0 Å². The molecule has 5 nitrogen and oxygen atoms in total. The number of nitro groups is 1. The molecule has 2 rings (SSSR count). The summed E-state index contributed by atoms with van der Waals surface area (Å²) in [5.74, 6) is -0.218. The fraction of sp³-hybridized carbons (Fsp3) is 0.188. The van der Waals surface area contributed by atoms with Crippen molar-refractivity contribution in [3.05, 3.63) is 68.8 Å². The number of nitrogens with zero attached hydrogens (tertiary/aromatic N) is 1. The first-order valence-electron chi connectivity index (χ1n) is 6.53. The number of aryl methyl sites for hydroxylation is 1. The molecule has 1 N–H and O–H groups in total. The van der Waals surface area contributed by atoms with Crippen LogP contribution in [-0.2, 0) is 0 Å². The third-order valence-corrected chi connectivity index (χ3v) is 3.59. The Morgan fingerprint density at radius 3 is 2.33 bits per heavy atom. The van der Waals surface area contributed by atoms with Crippen LogP contribution in [-0.4, -0.2) is 10.8 Å². The number of nitro benzene ring substituents is 1. The van der Waals surface area contributed by atoms with Gasteiger partial charge in [-0.25, -0.2) is 0 Å². The zero-order valence-corrected chi connectivity index (χ0v) is 12.1. The van der Waals surface area contributed by atoms with E-state index in [-0.39, 0.29) is 11.6 Å². The molecule has 0 aromatic heterocycles. The zero-order valence-electron chi connectivity index (χ0n) is 12.1. The van der Waals surface area contributed by atoms with Crippen molar-refractivity contribution in [1.29, 1.82) is 0 Å². The first kappa shape index (κ1) is 14.7. The van der Waals surface area contributed by atoms with Crippen LogP contribution >= 0.6 is 0 Å². The minimum Gasteiger partial charge on any atom is -0.322 e. The summed E-state index contributed by atoms with van der Waals surface area (Å²) in [6.45, 7) is 5.30. The Balaban J connectivity index is 2.33. The van der Waals surface area contributed by atoms with Gasteiger partial charge in [0, 0.05) is 22.9 Å². The highest BCUT2D eigenvalue weighted by atomic mass is 16.6. The zero-order chi connectivity index (χ0) is 15.6. The molecule has 108 valence electrons. The lowest BCUT2D eigenvalue weighted by Crippen LogP contribution is -2.14. The van der Waals surface area contributed by atoms with Gasteiger partial charge in [0.1, 0.15) is 0 Å². The number of hydrogen-bond donors (Lipinski definition) is 1. The van der Waals surface area contributed by atoms with Gasteiger partial charge in [0.25, 0.3) is 11.6 Å². The molecule has 0 atom stereocenters. The molecule has 0 aliphatic heterocycles. The van der Waals surface area contributed by atoms with Gasteiger partial charge in [0.2, 0.25) is 0 Å². The minimum atomic E-state index is -0.421. The van der Waals surface area contributed by atoms with E-state index in [9.17, 15) is 14.9 Å². The maximum Gasteiger partial charge on any atom is 0.272 e. The lowest BCUT2D eigenvalue weighted by atomic mass is 10.0. The van der Waals surface area contributed by atoms with E-state index in [0.717, 1.165) is 5.56 Å². The van der Waals surface area contributed by atoms with E-state index in [1.165, 1.54) is 6.07 Å². The van der Waals surface area contributed by atoms with Crippen molar-refractivity contribution in [2.24, 2.45) is 0 Å². The quantitative estimate of drug-likeness (QED) is 0.688. The third kappa shape index (κ3) is 2.91. The van der Waals surface area contributed by atoms with Gasteiger partial charge in [0.15, 0.2) is 0 Å². The van der Waals surface area contributed by atoms with Gasteiger partial charge in [-0.3, -0.25) is 14.9 Å². The summed E-state index contributed by atoms with van der Waals surface area (Å²) in [5, 5.41) is 13.7. The van der Waals surface area contributed by atoms with Crippen LogP contribution in [0, 0.1) is 30.9 Å². The van der Waals surface area contributed by atoms with Gasteiger partial charge in [-0.2, -0.15) is 0 Å². The van der Waals surface area contributed by atoms with Crippen molar-refractivity contribution in [2.45, 2.75) is 20.8 Å². The van der Waals surface area contributed by atoms with Crippen molar-refractivity contribution in [3.63, 3.8) is 0 Å². The second-order valence-electron chi connectivity index (χ2n) is 4.91. The van der Waals surface area contributed by atoms with Crippen LogP contribution in [0.4, 0.5) is 11.4 Å². The number of nitrogens with one attached hydrogen (secondary N) is 1. The monoisotopic (exact) mass is 284 g/mol. The van der Waals surface area contributed by atoms with Crippen LogP contribution in [0.5, 0.6) is 0 Å². The summed E-state index contributed by atoms with van der Waals surface area (Å²) in [6.07, 6.45) is 0. The van der Waals surface area contributed by atoms with Gasteiger partial charge in [0.05, 0.1) is 4.92 Å². The highest BCUT2D eigenvalue weighted by molar-refractivity contribution is 6.05. The summed E-state index contributed by atoms with van der Waals surface area (Å²) in [7, 11) is 0. The molecule has 0 spiro atoms. The molecule has 0 aliphatic carbocycles. The molecule has 2 aromatic carbocycles. The topological polar surface area (TPSA) is 72.2 Å². The van der Waals surface area contributed by atoms with Crippen LogP contribution in [0.3, 0.4) is 0 Å². The maximum atomic E-state index is 12.3. The highest BCUT2D eigenvalue weighted by Gasteiger charge is 2.16. The SMILES string of the molecule is Cc1ccccc1C(=O)Nc1ccc([N+](=O)[O-])c(C)c1C. The van der Waals surface area contributed by atoms with Crippen molar-refractivity contribution in [1.82, 2.24) is 0 Å². The second-order valence-corrected chi connectivity index (χ2v) is 4.91. The van der Waals surface area contributed by atoms with Crippen molar-refractivity contribution >= 4 is 17.3 Å². The first-order valence-corrected chi connectivity index (χ1v) is 6.53. The molecule has 0 saturated carbocycles. The Kier molecular flexibility index (Phi) is 4.03. The molecule has 21 heavy (non-hydrogen) atoms. The molecule has 0 saturated heterocycles. The summed E-state index contributed by atoms with van der Waals surface area (Å²) < 4.78 is 0. The number of hydrogen-bond acceptors (Lipinski definition) is 3. The smallest absolute Gasteiger partial charge is 0.272 e. The van der Waals surface area contributed by atoms with Crippen LogP contribution in [0.2, 0.25) is 0 Å². The van der Waals surface area contributed by atoms with E-state index in [0.29, 0.717) is 22.4 Å². The Labute approximate surface area is 122 Å². The van der Waals surface area contributed by atoms with E-state index in [1.54, 1.807) is 32.0 Å². The molecule has 0 unspecified atom stereocenters. The molecule has 5 heteroatoms. The Hall–Kier alpha value is -2.69. The Bertz CT molecular complexity index is 723. The summed E-state index contributed by atoms with van der Waals surface area (Å²) in [5.41, 5.74) is 3.38. The second kappa shape index (κ2) is 5.75. The van der Waals surface area contributed by atoms with E-state index < -0.39 is 4.92 Å². The van der Waals surface area contributed by atoms with E-state index in [1.807, 2.05) is 19.1 Å². The lowest BCUT2D eigenvalue weighted by molar-refractivity contribution is -0.385. The number of amides is 1. The van der Waals surface area contributed by atoms with Gasteiger partial charge in [-0.05, 0) is 44.0 Å². The molecular weight excluding hydrogens is 268 g/mol. The van der Waals surface area contributed by atoms with Crippen LogP contribution in [0.1, 0.15) is 27.0 Å². The average molecular weight is 284 g/mol. The molecule has 0 aliphatic rings. The van der Waals surface area contributed by atoms with Crippen molar-refractivity contribution < 1.29 is 9.72 Å². The fourth-order valence-corrected chi connectivity index (χ4v) is 2.16.